The summed E-state index contributed by atoms with van der Waals surface area (Å²) in [5.41, 5.74) is 3.05. The van der Waals surface area contributed by atoms with Crippen LogP contribution in [-0.2, 0) is 11.8 Å². The largest absolute Gasteiger partial charge is 0.369 e. The Morgan fingerprint density at radius 1 is 1.24 bits per heavy atom. The first-order chi connectivity index (χ1) is 7.84. The van der Waals surface area contributed by atoms with Crippen molar-refractivity contribution in [1.82, 2.24) is 10.2 Å². The van der Waals surface area contributed by atoms with Crippen LogP contribution in [0.4, 0.5) is 5.82 Å². The molecule has 1 aromatic heterocycles. The van der Waals surface area contributed by atoms with E-state index >= 15 is 0 Å². The average Bonchev–Trinajstić information content (AvgIpc) is 2.17. The van der Waals surface area contributed by atoms with E-state index in [2.05, 4.69) is 56.2 Å². The van der Waals surface area contributed by atoms with E-state index in [-0.39, 0.29) is 5.41 Å². The molecule has 0 aliphatic heterocycles. The molecule has 3 nitrogen and oxygen atoms in total. The highest BCUT2D eigenvalue weighted by molar-refractivity contribution is 5.43. The van der Waals surface area contributed by atoms with Crippen molar-refractivity contribution in [2.75, 3.05) is 11.9 Å². The molecule has 0 atom stereocenters. The number of anilines is 1. The van der Waals surface area contributed by atoms with E-state index in [4.69, 9.17) is 0 Å². The summed E-state index contributed by atoms with van der Waals surface area (Å²) in [7, 11) is 0. The molecule has 0 radical (unpaired) electrons. The number of nitrogens with zero attached hydrogens (tertiary/aromatic N) is 2. The summed E-state index contributed by atoms with van der Waals surface area (Å²) >= 11 is 0. The van der Waals surface area contributed by atoms with Gasteiger partial charge in [0.1, 0.15) is 5.82 Å². The summed E-state index contributed by atoms with van der Waals surface area (Å²) in [5.74, 6) is 0.902. The fourth-order valence-electron chi connectivity index (χ4n) is 3.21. The van der Waals surface area contributed by atoms with Gasteiger partial charge in [-0.25, -0.2) is 0 Å². The molecular weight excluding hydrogens is 210 g/mol. The third-order valence-corrected chi connectivity index (χ3v) is 3.52. The molecule has 1 aliphatic carbocycles. The Kier molecular flexibility index (Phi) is 2.88. The average molecular weight is 233 g/mol. The summed E-state index contributed by atoms with van der Waals surface area (Å²) in [5, 5.41) is 11.9. The first kappa shape index (κ1) is 12.3. The van der Waals surface area contributed by atoms with E-state index in [9.17, 15) is 0 Å². The zero-order chi connectivity index (χ0) is 12.7. The molecule has 1 aliphatic rings. The fraction of sp³-hybridized carbons (Fsp3) is 0.714. The topological polar surface area (TPSA) is 37.8 Å². The van der Waals surface area contributed by atoms with Gasteiger partial charge in [0.05, 0.1) is 5.69 Å². The molecule has 17 heavy (non-hydrogen) atoms. The molecule has 0 spiro atoms. The van der Waals surface area contributed by atoms with Crippen molar-refractivity contribution in [2.24, 2.45) is 5.41 Å². The molecule has 0 fully saturated rings. The molecule has 1 heterocycles. The van der Waals surface area contributed by atoms with Crippen LogP contribution in [-0.4, -0.2) is 16.7 Å². The van der Waals surface area contributed by atoms with Crippen LogP contribution < -0.4 is 5.32 Å². The molecule has 0 aromatic carbocycles. The van der Waals surface area contributed by atoms with Gasteiger partial charge in [0.2, 0.25) is 0 Å². The zero-order valence-electron chi connectivity index (χ0n) is 11.6. The summed E-state index contributed by atoms with van der Waals surface area (Å²) in [6, 6.07) is 2.18. The second-order valence-corrected chi connectivity index (χ2v) is 6.52. The van der Waals surface area contributed by atoms with Gasteiger partial charge >= 0.3 is 0 Å². The lowest BCUT2D eigenvalue weighted by Crippen LogP contribution is -2.35. The van der Waals surface area contributed by atoms with Crippen LogP contribution in [0.15, 0.2) is 6.07 Å². The lowest BCUT2D eigenvalue weighted by atomic mass is 9.64. The first-order valence-electron chi connectivity index (χ1n) is 6.45. The van der Waals surface area contributed by atoms with E-state index in [0.29, 0.717) is 5.41 Å². The fourth-order valence-corrected chi connectivity index (χ4v) is 3.21. The number of hydrogen-bond donors (Lipinski definition) is 1. The molecule has 0 saturated heterocycles. The van der Waals surface area contributed by atoms with Gasteiger partial charge in [-0.2, -0.15) is 5.10 Å². The monoisotopic (exact) mass is 233 g/mol. The molecule has 0 amide bonds. The van der Waals surface area contributed by atoms with Gasteiger partial charge in [-0.3, -0.25) is 0 Å². The molecular formula is C14H23N3. The van der Waals surface area contributed by atoms with Gasteiger partial charge < -0.3 is 5.32 Å². The summed E-state index contributed by atoms with van der Waals surface area (Å²) in [4.78, 5) is 0. The van der Waals surface area contributed by atoms with Crippen LogP contribution in [0, 0.1) is 5.41 Å². The minimum absolute atomic E-state index is 0.192. The van der Waals surface area contributed by atoms with Gasteiger partial charge in [0.25, 0.3) is 0 Å². The predicted octanol–water partition coefficient (Wildman–Crippen LogP) is 3.16. The molecule has 0 bridgehead atoms. The third kappa shape index (κ3) is 2.43. The van der Waals surface area contributed by atoms with Crippen molar-refractivity contribution in [2.45, 2.75) is 52.9 Å². The molecule has 3 heteroatoms. The molecule has 0 unspecified atom stereocenters. The number of rotatable bonds is 2. The van der Waals surface area contributed by atoms with Crippen LogP contribution in [0.2, 0.25) is 0 Å². The van der Waals surface area contributed by atoms with Crippen molar-refractivity contribution in [3.05, 3.63) is 17.3 Å². The predicted molar refractivity (Wildman–Crippen MR) is 71.3 cm³/mol. The quantitative estimate of drug-likeness (QED) is 0.852. The summed E-state index contributed by atoms with van der Waals surface area (Å²) in [6.45, 7) is 12.2. The lowest BCUT2D eigenvalue weighted by Gasteiger charge is -2.41. The minimum Gasteiger partial charge on any atom is -0.369 e. The van der Waals surface area contributed by atoms with Crippen LogP contribution in [0.25, 0.3) is 0 Å². The van der Waals surface area contributed by atoms with Crippen molar-refractivity contribution in [3.63, 3.8) is 0 Å². The third-order valence-electron chi connectivity index (χ3n) is 3.52. The SMILES string of the molecule is CCNc1cc2c(nn1)CC(C)(C)CC2(C)C. The second-order valence-electron chi connectivity index (χ2n) is 6.52. The van der Waals surface area contributed by atoms with Crippen molar-refractivity contribution in [1.29, 1.82) is 0 Å². The number of nitrogens with one attached hydrogen (secondary N) is 1. The van der Waals surface area contributed by atoms with Gasteiger partial charge in [0, 0.05) is 6.54 Å². The molecule has 2 rings (SSSR count). The Labute approximate surface area is 104 Å². The van der Waals surface area contributed by atoms with E-state index < -0.39 is 0 Å². The first-order valence-corrected chi connectivity index (χ1v) is 6.45. The summed E-state index contributed by atoms with van der Waals surface area (Å²) in [6.07, 6.45) is 2.23. The standard InChI is InChI=1S/C14H23N3/c1-6-15-12-7-10-11(16-17-12)8-13(2,3)9-14(10,4)5/h7H,6,8-9H2,1-5H3,(H,15,17). The minimum atomic E-state index is 0.192. The van der Waals surface area contributed by atoms with Gasteiger partial charge in [-0.05, 0) is 42.2 Å². The lowest BCUT2D eigenvalue weighted by molar-refractivity contribution is 0.226. The zero-order valence-corrected chi connectivity index (χ0v) is 11.6. The maximum Gasteiger partial charge on any atom is 0.148 e. The molecule has 94 valence electrons. The van der Waals surface area contributed by atoms with E-state index in [0.717, 1.165) is 18.8 Å². The van der Waals surface area contributed by atoms with Crippen LogP contribution in [0.3, 0.4) is 0 Å². The van der Waals surface area contributed by atoms with Gasteiger partial charge in [0.15, 0.2) is 0 Å². The van der Waals surface area contributed by atoms with Crippen molar-refractivity contribution < 1.29 is 0 Å². The van der Waals surface area contributed by atoms with Crippen molar-refractivity contribution in [3.8, 4) is 0 Å². The second kappa shape index (κ2) is 3.97. The van der Waals surface area contributed by atoms with Crippen LogP contribution in [0.5, 0.6) is 0 Å². The molecule has 0 saturated carbocycles. The van der Waals surface area contributed by atoms with Gasteiger partial charge in [-0.15, -0.1) is 5.10 Å². The molecule has 1 aromatic rings. The van der Waals surface area contributed by atoms with Crippen molar-refractivity contribution >= 4 is 5.82 Å². The Morgan fingerprint density at radius 2 is 1.94 bits per heavy atom. The maximum atomic E-state index is 4.42. The summed E-state index contributed by atoms with van der Waals surface area (Å²) < 4.78 is 0. The molecule has 1 N–H and O–H groups in total. The maximum absolute atomic E-state index is 4.42. The van der Waals surface area contributed by atoms with E-state index in [1.165, 1.54) is 17.7 Å². The van der Waals surface area contributed by atoms with Gasteiger partial charge in [-0.1, -0.05) is 27.7 Å². The Morgan fingerprint density at radius 3 is 2.59 bits per heavy atom. The Balaban J connectivity index is 2.44. The van der Waals surface area contributed by atoms with E-state index in [1.54, 1.807) is 0 Å². The number of fused-ring (bicyclic) bond motifs is 1. The number of aromatic nitrogens is 2. The highest BCUT2D eigenvalue weighted by Gasteiger charge is 2.38. The number of hydrogen-bond acceptors (Lipinski definition) is 3. The normalized spacial score (nSPS) is 20.8. The highest BCUT2D eigenvalue weighted by atomic mass is 15.2. The van der Waals surface area contributed by atoms with E-state index in [1.807, 2.05) is 0 Å². The van der Waals surface area contributed by atoms with Crippen LogP contribution in [0.1, 0.15) is 52.3 Å². The Bertz CT molecular complexity index is 421. The Hall–Kier alpha value is -1.12. The smallest absolute Gasteiger partial charge is 0.148 e. The highest BCUT2D eigenvalue weighted by Crippen LogP contribution is 2.44. The van der Waals surface area contributed by atoms with Crippen LogP contribution >= 0.6 is 0 Å².